The predicted octanol–water partition coefficient (Wildman–Crippen LogP) is 43.6. The van der Waals surface area contributed by atoms with Crippen LogP contribution in [0, 0.1) is 0 Å². The van der Waals surface area contributed by atoms with Gasteiger partial charge in [-0.05, 0) is 0 Å². The average Bonchev–Trinajstić information content (AvgIpc) is 3.18. The molecule has 0 spiro atoms. The van der Waals surface area contributed by atoms with E-state index in [1.807, 2.05) is 0 Å². The van der Waals surface area contributed by atoms with E-state index in [0.29, 0.717) is 0 Å². The zero-order chi connectivity index (χ0) is 43.7. The summed E-state index contributed by atoms with van der Waals surface area (Å²) >= 11 is 89.0. The van der Waals surface area contributed by atoms with E-state index in [9.17, 15) is 0 Å². The van der Waals surface area contributed by atoms with Gasteiger partial charge in [0.05, 0.1) is 0 Å². The molecule has 2 radical (unpaired) electrons. The molecular weight excluding hydrogens is 6860 g/mol. The van der Waals surface area contributed by atoms with Gasteiger partial charge in [-0.1, -0.05) is 0 Å². The monoisotopic (exact) mass is 6860 g/mol. The van der Waals surface area contributed by atoms with Crippen LogP contribution in [0.25, 0.3) is 0 Å². The normalized spacial score (nSPS) is 18.8. The van der Waals surface area contributed by atoms with Crippen LogP contribution in [-0.4, -0.2) is 5.70 Å². The van der Waals surface area contributed by atoms with Crippen LogP contribution >= 0.6 is 708 Å². The molecule has 55 heteroatoms. The number of rotatable bonds is 26. The topological polar surface area (TPSA) is 0 Å². The third kappa shape index (κ3) is 39.1. The first-order valence-electron chi connectivity index (χ1n) is 7.79. The van der Waals surface area contributed by atoms with Gasteiger partial charge in [0, 0.05) is 0 Å². The van der Waals surface area contributed by atoms with E-state index in [1.165, 1.54) is 0 Å². The van der Waals surface area contributed by atoms with Gasteiger partial charge >= 0.3 is 731 Å². The van der Waals surface area contributed by atoms with Crippen molar-refractivity contribution in [1.29, 1.82) is 0 Å². The van der Waals surface area contributed by atoms with Crippen molar-refractivity contribution in [2.24, 2.45) is 0 Å². The van der Waals surface area contributed by atoms with Crippen LogP contribution in [-0.2, 0) is 0 Å². The van der Waals surface area contributed by atoms with Gasteiger partial charge in [-0.15, -0.1) is 0 Å². The molecule has 0 aromatic carbocycles. The number of halogens is 54. The molecule has 0 amide bonds. The molecule has 0 aliphatic rings. The van der Waals surface area contributed by atoms with E-state index in [-0.39, 0.29) is 17.0 Å². The zero-order valence-corrected chi connectivity index (χ0v) is 137. The van der Waals surface area contributed by atoms with Gasteiger partial charge in [-0.3, -0.25) is 0 Å². The summed E-state index contributed by atoms with van der Waals surface area (Å²) in [5, 5.41) is 0. The van der Waals surface area contributed by atoms with Gasteiger partial charge in [0.25, 0.3) is 0 Å². The molecule has 0 fully saturated rings. The van der Waals surface area contributed by atoms with Crippen molar-refractivity contribution in [3.63, 3.8) is 0 Å². The van der Waals surface area contributed by atoms with Crippen molar-refractivity contribution >= 4 is 714 Å². The van der Waals surface area contributed by atoms with E-state index in [2.05, 4.69) is 503 Å². The van der Waals surface area contributed by atoms with Crippen LogP contribution in [0.1, 0.15) is 0 Å². The molecule has 0 aliphatic carbocycles. The number of hydrogen-bond donors (Lipinski definition) is 0. The molecular formula is BI54-. The van der Waals surface area contributed by atoms with Gasteiger partial charge in [0.15, 0.2) is 0 Å². The molecule has 0 heterocycles. The van der Waals surface area contributed by atoms with E-state index in [4.69, 9.17) is 5.70 Å². The summed E-state index contributed by atoms with van der Waals surface area (Å²) in [5.41, 5.74) is 6.39. The van der Waals surface area contributed by atoms with Crippen molar-refractivity contribution in [3.05, 3.63) is 0 Å². The maximum absolute atomic E-state index is 6.39. The van der Waals surface area contributed by atoms with Gasteiger partial charge < -0.3 is 0 Å². The summed E-state index contributed by atoms with van der Waals surface area (Å²) in [6.07, 6.45) is 0. The molecule has 0 nitrogen and oxygen atoms in total. The molecule has 0 aliphatic heterocycles. The molecule has 0 bridgehead atoms. The van der Waals surface area contributed by atoms with Crippen molar-refractivity contribution in [3.8, 4) is 0 Å². The fourth-order valence-corrected chi connectivity index (χ4v) is 10100. The summed E-state index contributed by atoms with van der Waals surface area (Å²) in [6, 6.07) is 0. The third-order valence-electron chi connectivity index (χ3n) is 2.10. The molecule has 0 saturated carbocycles. The molecule has 55 heavy (non-hydrogen) atoms. The van der Waals surface area contributed by atoms with Crippen molar-refractivity contribution in [2.45, 2.75) is 0 Å². The van der Waals surface area contributed by atoms with Gasteiger partial charge in [0.2, 0.25) is 0 Å². The second-order valence-electron chi connectivity index (χ2n) is 4.29. The molecule has 0 atom stereocenters. The third-order valence-corrected chi connectivity index (χ3v) is 4150. The van der Waals surface area contributed by atoms with Gasteiger partial charge in [-0.25, -0.2) is 0 Å². The molecule has 0 aromatic heterocycles. The first-order chi connectivity index (χ1) is 25.0. The summed E-state index contributed by atoms with van der Waals surface area (Å²) in [7, 11) is -14.7. The SMILES string of the molecule is [B][I-]I(I)I(I)I(I)I(I)I(I)I(I)I(I)I(I)I(I)I(I)I(I)I(I)I(I)I(I)I(I)I(I)I(I)I(I)I(I)I(I)I(I)I(I)I(I)I(I)I(I)I(I)I. The van der Waals surface area contributed by atoms with Crippen LogP contribution in [0.5, 0.6) is 0 Å². The average molecular weight is 6860 g/mol. The fourth-order valence-electron chi connectivity index (χ4n) is 0.764. The van der Waals surface area contributed by atoms with Crippen LogP contribution in [0.2, 0.25) is 0 Å². The molecule has 0 saturated heterocycles. The second kappa shape index (κ2) is 57.0. The van der Waals surface area contributed by atoms with Crippen LogP contribution in [0.4, 0.5) is 0 Å². The predicted molar refractivity (Wildman–Crippen MR) is 749 cm³/mol. The van der Waals surface area contributed by atoms with Crippen molar-refractivity contribution in [1.82, 2.24) is 0 Å². The summed E-state index contributed by atoms with van der Waals surface area (Å²) in [4.78, 5) is 0. The van der Waals surface area contributed by atoms with Gasteiger partial charge in [0.1, 0.15) is 0 Å². The summed E-state index contributed by atoms with van der Waals surface area (Å²) in [5.74, 6) is 0. The molecule has 0 rings (SSSR count). The Bertz CT molecular complexity index is 1000. The fraction of sp³-hybridized carbons (Fsp3) is 0. The Morgan fingerprint density at radius 3 is 0.400 bits per heavy atom. The molecule has 0 N–H and O–H groups in total. The Hall–Kier alpha value is 39.5. The Morgan fingerprint density at radius 2 is 0.291 bits per heavy atom. The van der Waals surface area contributed by atoms with Crippen LogP contribution in [0.3, 0.4) is 0 Å². The van der Waals surface area contributed by atoms with Crippen molar-refractivity contribution in [2.75, 3.05) is 0 Å². The van der Waals surface area contributed by atoms with E-state index in [0.717, 1.165) is 0 Å². The first-order valence-corrected chi connectivity index (χ1v) is 342. The van der Waals surface area contributed by atoms with Crippen molar-refractivity contribution < 1.29 is 17.0 Å². The van der Waals surface area contributed by atoms with E-state index < -0.39 is 205 Å². The Morgan fingerprint density at radius 1 is 0.182 bits per heavy atom. The summed E-state index contributed by atoms with van der Waals surface area (Å²) in [6.45, 7) is 0. The second-order valence-corrected chi connectivity index (χ2v) is 1280. The maximum atomic E-state index is 6.39. The van der Waals surface area contributed by atoms with Gasteiger partial charge in [-0.2, -0.15) is 0 Å². The standard InChI is InChI=1S/BI54/c1-29-31(4)33(6)35(8)37(10)39(12)41(14)43(16)45(18)47(20)49(22)51(24)53(26)55(28)54(27)52(25)50(23)48(21)46(19)44(17)42(15)40(13)38(11)36(9)34(7)32(5)30(2)3/q-1. The summed E-state index contributed by atoms with van der Waals surface area (Å²) < 4.78 is 0. The Labute approximate surface area is 687 Å². The van der Waals surface area contributed by atoms with Crippen LogP contribution in [0.15, 0.2) is 0 Å². The Balaban J connectivity index is 5.62. The number of hydrogen-bond acceptors (Lipinski definition) is 0. The molecule has 382 valence electrons. The quantitative estimate of drug-likeness (QED) is 0.0598. The molecule has 0 unspecified atom stereocenters. The van der Waals surface area contributed by atoms with E-state index >= 15 is 0 Å². The molecule has 0 aromatic rings. The van der Waals surface area contributed by atoms with E-state index in [1.54, 1.807) is 0 Å². The zero-order valence-electron chi connectivity index (χ0n) is 21.0. The Kier molecular flexibility index (Phi) is 97.8. The van der Waals surface area contributed by atoms with Crippen LogP contribution < -0.4 is 17.0 Å². The minimum atomic E-state index is -0.610. The minimum absolute atomic E-state index is 0.157. The first kappa shape index (κ1) is 94.5.